The lowest BCUT2D eigenvalue weighted by atomic mass is 10.1. The minimum atomic E-state index is -0.298. The molecule has 4 rings (SSSR count). The van der Waals surface area contributed by atoms with Gasteiger partial charge < -0.3 is 15.5 Å². The molecule has 0 fully saturated rings. The number of hydrogen-bond acceptors (Lipinski definition) is 7. The molecule has 0 radical (unpaired) electrons. The van der Waals surface area contributed by atoms with E-state index in [1.165, 1.54) is 23.5 Å². The molecule has 172 valence electrons. The van der Waals surface area contributed by atoms with Crippen molar-refractivity contribution >= 4 is 33.2 Å². The normalized spacial score (nSPS) is 11.5. The lowest BCUT2D eigenvalue weighted by molar-refractivity contribution is -0.119. The number of hydrogen-bond donors (Lipinski definition) is 2. The number of carbonyl (C=O) groups excluding carboxylic acids is 1. The Morgan fingerprint density at radius 1 is 1.18 bits per heavy atom. The van der Waals surface area contributed by atoms with Gasteiger partial charge in [0.2, 0.25) is 16.0 Å². The maximum absolute atomic E-state index is 13.4. The molecule has 0 saturated heterocycles. The van der Waals surface area contributed by atoms with Gasteiger partial charge in [-0.3, -0.25) is 9.78 Å². The zero-order valence-corrected chi connectivity index (χ0v) is 19.8. The summed E-state index contributed by atoms with van der Waals surface area (Å²) in [5.74, 6) is 0.295. The lowest BCUT2D eigenvalue weighted by Crippen LogP contribution is -2.35. The van der Waals surface area contributed by atoms with Crippen LogP contribution in [0.2, 0.25) is 0 Å². The number of nitrogens with one attached hydrogen (secondary N) is 2. The second-order valence-electron chi connectivity index (χ2n) is 8.72. The molecule has 1 aromatic carbocycles. The summed E-state index contributed by atoms with van der Waals surface area (Å²) in [6.07, 6.45) is 1.70. The van der Waals surface area contributed by atoms with E-state index in [2.05, 4.69) is 15.6 Å². The summed E-state index contributed by atoms with van der Waals surface area (Å²) in [4.78, 5) is 23.8. The fourth-order valence-electron chi connectivity index (χ4n) is 3.20. The molecular weight excluding hydrogens is 441 g/mol. The fourth-order valence-corrected chi connectivity index (χ4v) is 4.06. The summed E-state index contributed by atoms with van der Waals surface area (Å²) >= 11 is 1.38. The highest BCUT2D eigenvalue weighted by atomic mass is 32.1. The molecule has 2 N–H and O–H groups in total. The van der Waals surface area contributed by atoms with Gasteiger partial charge in [-0.1, -0.05) is 17.4 Å². The minimum Gasteiger partial charge on any atom is -0.364 e. The van der Waals surface area contributed by atoms with Crippen molar-refractivity contribution in [3.05, 3.63) is 60.2 Å². The minimum absolute atomic E-state index is 0.129. The van der Waals surface area contributed by atoms with E-state index in [0.29, 0.717) is 22.3 Å². The Hall–Kier alpha value is -3.53. The number of carbonyl (C=O) groups is 1. The van der Waals surface area contributed by atoms with Crippen LogP contribution in [-0.4, -0.2) is 44.6 Å². The lowest BCUT2D eigenvalue weighted by Gasteiger charge is -2.22. The largest absolute Gasteiger partial charge is 0.364 e. The third-order valence-electron chi connectivity index (χ3n) is 4.70. The Labute approximate surface area is 195 Å². The first-order chi connectivity index (χ1) is 15.7. The number of likely N-dealkylation sites (N-methyl/N-ethyl adjacent to an activating group) is 1. The first-order valence-corrected chi connectivity index (χ1v) is 11.3. The van der Waals surface area contributed by atoms with Crippen molar-refractivity contribution < 1.29 is 9.18 Å². The predicted molar refractivity (Wildman–Crippen MR) is 129 cm³/mol. The second kappa shape index (κ2) is 9.14. The summed E-state index contributed by atoms with van der Waals surface area (Å²) < 4.78 is 15.2. The summed E-state index contributed by atoms with van der Waals surface area (Å²) in [6.45, 7) is 6.66. The van der Waals surface area contributed by atoms with Crippen LogP contribution < -0.4 is 15.5 Å². The van der Waals surface area contributed by atoms with Crippen molar-refractivity contribution in [1.82, 2.24) is 24.9 Å². The van der Waals surface area contributed by atoms with E-state index in [1.54, 1.807) is 27.7 Å². The summed E-state index contributed by atoms with van der Waals surface area (Å²) in [5.41, 5.74) is 2.05. The molecule has 0 saturated carbocycles. The van der Waals surface area contributed by atoms with E-state index in [9.17, 15) is 9.18 Å². The molecule has 4 aromatic rings. The van der Waals surface area contributed by atoms with Crippen molar-refractivity contribution in [3.8, 4) is 11.3 Å². The highest BCUT2D eigenvalue weighted by Crippen LogP contribution is 2.34. The zero-order valence-electron chi connectivity index (χ0n) is 19.0. The molecule has 1 amide bonds. The van der Waals surface area contributed by atoms with Gasteiger partial charge in [-0.05, 0) is 57.2 Å². The molecule has 0 spiro atoms. The van der Waals surface area contributed by atoms with Gasteiger partial charge in [-0.2, -0.15) is 4.52 Å². The third-order valence-corrected chi connectivity index (χ3v) is 5.73. The fraction of sp³-hybridized carbons (Fsp3) is 0.304. The van der Waals surface area contributed by atoms with E-state index in [4.69, 9.17) is 10.1 Å². The van der Waals surface area contributed by atoms with Crippen LogP contribution in [0.5, 0.6) is 0 Å². The van der Waals surface area contributed by atoms with Crippen LogP contribution in [0.1, 0.15) is 26.5 Å². The van der Waals surface area contributed by atoms with E-state index < -0.39 is 0 Å². The monoisotopic (exact) mass is 467 g/mol. The number of anilines is 2. The molecule has 10 heteroatoms. The van der Waals surface area contributed by atoms with Crippen LogP contribution in [0.25, 0.3) is 16.2 Å². The first-order valence-electron chi connectivity index (χ1n) is 10.5. The highest BCUT2D eigenvalue weighted by molar-refractivity contribution is 7.20. The van der Waals surface area contributed by atoms with Gasteiger partial charge in [0, 0.05) is 24.3 Å². The SMILES string of the molecule is CN(CC(=O)NCc1ccccn1)c1nn2c(NC(C)(C)C)c(-c3ccc(F)cc3)nc2s1. The van der Waals surface area contributed by atoms with Crippen molar-refractivity contribution in [2.75, 3.05) is 23.8 Å². The number of halogens is 1. The maximum Gasteiger partial charge on any atom is 0.239 e. The van der Waals surface area contributed by atoms with Crippen LogP contribution in [-0.2, 0) is 11.3 Å². The first kappa shape index (κ1) is 22.7. The molecule has 0 aliphatic rings. The maximum atomic E-state index is 13.4. The molecule has 3 heterocycles. The Morgan fingerprint density at radius 3 is 2.61 bits per heavy atom. The molecule has 8 nitrogen and oxygen atoms in total. The van der Waals surface area contributed by atoms with Crippen LogP contribution in [0, 0.1) is 5.82 Å². The van der Waals surface area contributed by atoms with Crippen molar-refractivity contribution in [2.24, 2.45) is 0 Å². The van der Waals surface area contributed by atoms with E-state index in [1.807, 2.05) is 46.0 Å². The van der Waals surface area contributed by atoms with E-state index in [-0.39, 0.29) is 23.8 Å². The topological polar surface area (TPSA) is 87.5 Å². The summed E-state index contributed by atoms with van der Waals surface area (Å²) in [7, 11) is 1.82. The Bertz CT molecular complexity index is 1250. The number of aromatic nitrogens is 4. The van der Waals surface area contributed by atoms with Crippen LogP contribution in [0.15, 0.2) is 48.7 Å². The smallest absolute Gasteiger partial charge is 0.239 e. The molecule has 0 unspecified atom stereocenters. The number of benzene rings is 1. The molecule has 0 aliphatic carbocycles. The number of imidazole rings is 1. The van der Waals surface area contributed by atoms with E-state index in [0.717, 1.165) is 17.1 Å². The molecule has 0 aliphatic heterocycles. The van der Waals surface area contributed by atoms with Crippen molar-refractivity contribution in [1.29, 1.82) is 0 Å². The number of nitrogens with zero attached hydrogens (tertiary/aromatic N) is 5. The van der Waals surface area contributed by atoms with Gasteiger partial charge in [-0.15, -0.1) is 5.10 Å². The van der Waals surface area contributed by atoms with Crippen molar-refractivity contribution in [2.45, 2.75) is 32.9 Å². The van der Waals surface area contributed by atoms with Crippen LogP contribution in [0.4, 0.5) is 15.3 Å². The Kier molecular flexibility index (Phi) is 6.28. The Balaban J connectivity index is 1.55. The number of pyridine rings is 1. The Morgan fingerprint density at radius 2 is 1.94 bits per heavy atom. The average molecular weight is 468 g/mol. The summed E-state index contributed by atoms with van der Waals surface area (Å²) in [5, 5.41) is 11.7. The molecule has 33 heavy (non-hydrogen) atoms. The second-order valence-corrected chi connectivity index (χ2v) is 9.66. The predicted octanol–water partition coefficient (Wildman–Crippen LogP) is 3.95. The van der Waals surface area contributed by atoms with Crippen molar-refractivity contribution in [3.63, 3.8) is 0 Å². The zero-order chi connectivity index (χ0) is 23.6. The van der Waals surface area contributed by atoms with Gasteiger partial charge in [0.05, 0.1) is 18.8 Å². The van der Waals surface area contributed by atoms with Crippen LogP contribution in [0.3, 0.4) is 0 Å². The quantitative estimate of drug-likeness (QED) is 0.428. The van der Waals surface area contributed by atoms with Crippen LogP contribution >= 0.6 is 11.3 Å². The average Bonchev–Trinajstić information content (AvgIpc) is 3.32. The molecule has 0 bridgehead atoms. The molecule has 3 aromatic heterocycles. The standard InChI is InChI=1S/C23H26FN7OS/c1-23(2,3)28-20-19(15-8-10-16(24)11-9-15)27-21-31(20)29-22(33-21)30(4)14-18(32)26-13-17-7-5-6-12-25-17/h5-12,28H,13-14H2,1-4H3,(H,26,32). The van der Waals surface area contributed by atoms with E-state index >= 15 is 0 Å². The van der Waals surface area contributed by atoms with Gasteiger partial charge >= 0.3 is 0 Å². The number of fused-ring (bicyclic) bond motifs is 1. The number of rotatable bonds is 7. The highest BCUT2D eigenvalue weighted by Gasteiger charge is 2.23. The molecule has 0 atom stereocenters. The van der Waals surface area contributed by atoms with Gasteiger partial charge in [0.1, 0.15) is 11.5 Å². The van der Waals surface area contributed by atoms with Gasteiger partial charge in [0.15, 0.2) is 5.82 Å². The summed E-state index contributed by atoms with van der Waals surface area (Å²) in [6, 6.07) is 11.8. The van der Waals surface area contributed by atoms with Gasteiger partial charge in [0.25, 0.3) is 0 Å². The third kappa shape index (κ3) is 5.46. The number of amides is 1. The van der Waals surface area contributed by atoms with Gasteiger partial charge in [-0.25, -0.2) is 9.37 Å². The molecular formula is C23H26FN7OS.